The van der Waals surface area contributed by atoms with Crippen molar-refractivity contribution in [3.63, 3.8) is 0 Å². The van der Waals surface area contributed by atoms with Gasteiger partial charge in [0.2, 0.25) is 0 Å². The number of anilines is 1. The van der Waals surface area contributed by atoms with Crippen LogP contribution in [0, 0.1) is 18.8 Å². The largest absolute Gasteiger partial charge is 0.487 e. The summed E-state index contributed by atoms with van der Waals surface area (Å²) in [4.78, 5) is 12.1. The van der Waals surface area contributed by atoms with Gasteiger partial charge in [0.05, 0.1) is 11.8 Å². The van der Waals surface area contributed by atoms with E-state index in [4.69, 9.17) is 19.4 Å². The van der Waals surface area contributed by atoms with Gasteiger partial charge in [0.1, 0.15) is 24.0 Å². The van der Waals surface area contributed by atoms with Gasteiger partial charge in [-0.25, -0.2) is 9.97 Å². The molecule has 136 valence electrons. The Kier molecular flexibility index (Phi) is 3.85. The van der Waals surface area contributed by atoms with Crippen LogP contribution in [-0.4, -0.2) is 36.3 Å². The lowest BCUT2D eigenvalue weighted by molar-refractivity contribution is 0.0294. The first-order chi connectivity index (χ1) is 12.7. The molecule has 1 aliphatic carbocycles. The maximum absolute atomic E-state index is 6.03. The van der Waals surface area contributed by atoms with Crippen LogP contribution in [0.3, 0.4) is 0 Å². The quantitative estimate of drug-likeness (QED) is 0.832. The number of benzene rings is 1. The third-order valence-corrected chi connectivity index (χ3v) is 6.21. The lowest BCUT2D eigenvalue weighted by atomic mass is 9.94. The summed E-state index contributed by atoms with van der Waals surface area (Å²) in [5.74, 6) is 4.12. The van der Waals surface area contributed by atoms with E-state index >= 15 is 0 Å². The van der Waals surface area contributed by atoms with E-state index in [-0.39, 0.29) is 0 Å². The van der Waals surface area contributed by atoms with Crippen molar-refractivity contribution in [2.45, 2.75) is 38.9 Å². The first-order valence-electron chi connectivity index (χ1n) is 9.57. The minimum Gasteiger partial charge on any atom is -0.487 e. The van der Waals surface area contributed by atoms with Crippen LogP contribution in [0.15, 0.2) is 24.3 Å². The van der Waals surface area contributed by atoms with Crippen molar-refractivity contribution in [3.05, 3.63) is 46.9 Å². The molecule has 3 aliphatic rings. The molecule has 1 aromatic carbocycles. The molecule has 0 N–H and O–H groups in total. The highest BCUT2D eigenvalue weighted by Crippen LogP contribution is 2.41. The normalized spacial score (nSPS) is 26.7. The Morgan fingerprint density at radius 1 is 1.12 bits per heavy atom. The van der Waals surface area contributed by atoms with E-state index in [1.165, 1.54) is 24.0 Å². The van der Waals surface area contributed by atoms with Gasteiger partial charge >= 0.3 is 0 Å². The number of aromatic nitrogens is 2. The molecule has 0 amide bonds. The molecule has 3 atom stereocenters. The van der Waals surface area contributed by atoms with Crippen LogP contribution < -0.4 is 9.64 Å². The lowest BCUT2D eigenvalue weighted by Gasteiger charge is -2.38. The number of rotatable bonds is 2. The number of nitrogens with zero attached hydrogens (tertiary/aromatic N) is 3. The smallest absolute Gasteiger partial charge is 0.136 e. The predicted octanol–water partition coefficient (Wildman–Crippen LogP) is 3.13. The topological polar surface area (TPSA) is 47.5 Å². The summed E-state index contributed by atoms with van der Waals surface area (Å²) in [7, 11) is 1.86. The number of para-hydroxylation sites is 1. The number of methoxy groups -OCH3 is 1. The van der Waals surface area contributed by atoms with Crippen molar-refractivity contribution >= 4 is 5.82 Å². The molecule has 1 saturated heterocycles. The predicted molar refractivity (Wildman–Crippen MR) is 99.6 cm³/mol. The van der Waals surface area contributed by atoms with Gasteiger partial charge in [0.15, 0.2) is 0 Å². The summed E-state index contributed by atoms with van der Waals surface area (Å²) in [6, 6.07) is 8.30. The van der Waals surface area contributed by atoms with Crippen LogP contribution in [-0.2, 0) is 17.8 Å². The molecular weight excluding hydrogens is 326 g/mol. The van der Waals surface area contributed by atoms with Gasteiger partial charge < -0.3 is 14.4 Å². The first kappa shape index (κ1) is 16.1. The molecule has 5 nitrogen and oxygen atoms in total. The average molecular weight is 351 g/mol. The first-order valence-corrected chi connectivity index (χ1v) is 9.57. The Morgan fingerprint density at radius 2 is 1.88 bits per heavy atom. The van der Waals surface area contributed by atoms with Crippen LogP contribution in [0.2, 0.25) is 0 Å². The highest BCUT2D eigenvalue weighted by Gasteiger charge is 2.43. The van der Waals surface area contributed by atoms with Crippen LogP contribution in [0.25, 0.3) is 0 Å². The number of fused-ring (bicyclic) bond motifs is 4. The van der Waals surface area contributed by atoms with Gasteiger partial charge in [0, 0.05) is 44.0 Å². The van der Waals surface area contributed by atoms with E-state index in [1.807, 2.05) is 26.2 Å². The molecule has 2 bridgehead atoms. The second-order valence-electron chi connectivity index (χ2n) is 7.80. The number of hydrogen-bond acceptors (Lipinski definition) is 5. The summed E-state index contributed by atoms with van der Waals surface area (Å²) in [6.07, 6.45) is 3.77. The Morgan fingerprint density at radius 3 is 2.65 bits per heavy atom. The molecule has 1 saturated carbocycles. The van der Waals surface area contributed by atoms with E-state index in [9.17, 15) is 0 Å². The fourth-order valence-electron chi connectivity index (χ4n) is 5.06. The molecule has 2 fully saturated rings. The van der Waals surface area contributed by atoms with Crippen molar-refractivity contribution in [1.82, 2.24) is 9.97 Å². The van der Waals surface area contributed by atoms with Gasteiger partial charge in [-0.05, 0) is 31.4 Å². The molecule has 3 heterocycles. The maximum Gasteiger partial charge on any atom is 0.136 e. The molecule has 1 unspecified atom stereocenters. The number of hydrogen-bond donors (Lipinski definition) is 0. The van der Waals surface area contributed by atoms with E-state index in [1.54, 1.807) is 0 Å². The minimum atomic E-state index is 0.414. The van der Waals surface area contributed by atoms with Crippen LogP contribution >= 0.6 is 0 Å². The molecule has 26 heavy (non-hydrogen) atoms. The van der Waals surface area contributed by atoms with Crippen LogP contribution in [0.1, 0.15) is 35.5 Å². The third kappa shape index (κ3) is 2.57. The van der Waals surface area contributed by atoms with Crippen molar-refractivity contribution < 1.29 is 9.47 Å². The monoisotopic (exact) mass is 351 g/mol. The van der Waals surface area contributed by atoms with Crippen molar-refractivity contribution in [3.8, 4) is 5.75 Å². The maximum atomic E-state index is 6.03. The lowest BCUT2D eigenvalue weighted by Crippen LogP contribution is -2.46. The molecule has 1 aromatic heterocycles. The molecule has 0 spiro atoms. The van der Waals surface area contributed by atoms with Gasteiger partial charge in [0.25, 0.3) is 0 Å². The molecular formula is C21H25N3O2. The summed E-state index contributed by atoms with van der Waals surface area (Å²) in [5, 5.41) is 0. The Labute approximate surface area is 154 Å². The second kappa shape index (κ2) is 6.23. The van der Waals surface area contributed by atoms with Crippen LogP contribution in [0.4, 0.5) is 5.82 Å². The van der Waals surface area contributed by atoms with Gasteiger partial charge in [-0.2, -0.15) is 0 Å². The minimum absolute atomic E-state index is 0.414. The van der Waals surface area contributed by atoms with Crippen molar-refractivity contribution in [1.29, 1.82) is 0 Å². The summed E-state index contributed by atoms with van der Waals surface area (Å²) >= 11 is 0. The number of ether oxygens (including phenoxy) is 2. The van der Waals surface area contributed by atoms with Gasteiger partial charge in [-0.15, -0.1) is 0 Å². The van der Waals surface area contributed by atoms with Crippen LogP contribution in [0.5, 0.6) is 5.75 Å². The Balaban J connectivity index is 1.54. The Bertz CT molecular complexity index is 824. The highest BCUT2D eigenvalue weighted by molar-refractivity contribution is 5.54. The average Bonchev–Trinajstić information content (AvgIpc) is 2.82. The second-order valence-corrected chi connectivity index (χ2v) is 7.80. The highest BCUT2D eigenvalue weighted by atomic mass is 16.5. The molecule has 5 rings (SSSR count). The molecule has 5 heteroatoms. The number of piperidine rings is 1. The van der Waals surface area contributed by atoms with E-state index in [2.05, 4.69) is 17.0 Å². The standard InChI is InChI=1S/C21H25N3O2/c1-13-22-18-12-26-19-6-4-3-5-14(19)9-17(18)21(23-13)24-10-15-7-8-16(11-24)20(15)25-2/h3-6,15-16,20H,7-12H2,1-2H3/t15-,16+,20?. The summed E-state index contributed by atoms with van der Waals surface area (Å²) in [6.45, 7) is 4.56. The summed E-state index contributed by atoms with van der Waals surface area (Å²) < 4.78 is 11.8. The zero-order valence-electron chi connectivity index (χ0n) is 15.4. The fourth-order valence-corrected chi connectivity index (χ4v) is 5.06. The fraction of sp³-hybridized carbons (Fsp3) is 0.524. The zero-order valence-corrected chi connectivity index (χ0v) is 15.4. The summed E-state index contributed by atoms with van der Waals surface area (Å²) in [5.41, 5.74) is 3.48. The van der Waals surface area contributed by atoms with Crippen molar-refractivity contribution in [2.75, 3.05) is 25.1 Å². The Hall–Kier alpha value is -2.14. The molecule has 2 aromatic rings. The van der Waals surface area contributed by atoms with E-state index < -0.39 is 0 Å². The van der Waals surface area contributed by atoms with Gasteiger partial charge in [-0.3, -0.25) is 0 Å². The van der Waals surface area contributed by atoms with E-state index in [0.29, 0.717) is 24.5 Å². The third-order valence-electron chi connectivity index (χ3n) is 6.21. The molecule has 2 aliphatic heterocycles. The van der Waals surface area contributed by atoms with Crippen molar-refractivity contribution in [2.24, 2.45) is 11.8 Å². The zero-order chi connectivity index (χ0) is 17.7. The number of aryl methyl sites for hydroxylation is 1. The SMILES string of the molecule is COC1[C@@H]2CC[C@H]1CN(c1nc(C)nc3c1Cc1ccccc1OC3)C2. The molecule has 0 radical (unpaired) electrons. The van der Waals surface area contributed by atoms with E-state index in [0.717, 1.165) is 42.6 Å². The van der Waals surface area contributed by atoms with Gasteiger partial charge in [-0.1, -0.05) is 18.2 Å².